The maximum Gasteiger partial charge on any atom is 0.418 e. The molecule has 2 N–H and O–H groups in total. The van der Waals surface area contributed by atoms with Gasteiger partial charge in [-0.2, -0.15) is 13.2 Å². The normalized spacial score (nSPS) is 17.9. The fourth-order valence-corrected chi connectivity index (χ4v) is 3.49. The van der Waals surface area contributed by atoms with Gasteiger partial charge in [-0.25, -0.2) is 4.79 Å². The molecule has 5 nitrogen and oxygen atoms in total. The number of amides is 3. The minimum atomic E-state index is -4.67. The van der Waals surface area contributed by atoms with E-state index in [1.165, 1.54) is 6.07 Å². The number of nitrogens with one attached hydrogen (secondary N) is 2. The van der Waals surface area contributed by atoms with Gasteiger partial charge >= 0.3 is 12.2 Å². The summed E-state index contributed by atoms with van der Waals surface area (Å²) in [6.07, 6.45) is -4.59. The first-order valence-electron chi connectivity index (χ1n) is 8.94. The molecule has 0 radical (unpaired) electrons. The zero-order valence-electron chi connectivity index (χ0n) is 15.5. The van der Waals surface area contributed by atoms with Crippen molar-refractivity contribution in [3.05, 3.63) is 64.7 Å². The number of alkyl halides is 3. The Morgan fingerprint density at radius 1 is 1.21 bits per heavy atom. The second-order valence-corrected chi connectivity index (χ2v) is 7.26. The molecule has 0 bridgehead atoms. The number of benzene rings is 2. The lowest BCUT2D eigenvalue weighted by Crippen LogP contribution is -2.40. The van der Waals surface area contributed by atoms with Crippen LogP contribution in [0.25, 0.3) is 0 Å². The van der Waals surface area contributed by atoms with Crippen LogP contribution in [-0.2, 0) is 11.0 Å². The van der Waals surface area contributed by atoms with Gasteiger partial charge in [0.1, 0.15) is 0 Å². The highest BCUT2D eigenvalue weighted by atomic mass is 35.5. The number of likely N-dealkylation sites (tertiary alicyclic amines) is 1. The third-order valence-corrected chi connectivity index (χ3v) is 5.01. The molecule has 154 valence electrons. The molecule has 3 rings (SSSR count). The van der Waals surface area contributed by atoms with Crippen molar-refractivity contribution in [2.75, 3.05) is 11.9 Å². The van der Waals surface area contributed by atoms with E-state index in [4.69, 9.17) is 11.6 Å². The molecule has 0 spiro atoms. The second-order valence-electron chi connectivity index (χ2n) is 6.82. The lowest BCUT2D eigenvalue weighted by molar-refractivity contribution is -0.137. The molecular formula is C20H19ClF3N3O2. The fourth-order valence-electron chi connectivity index (χ4n) is 3.32. The van der Waals surface area contributed by atoms with Crippen LogP contribution in [0.4, 0.5) is 23.7 Å². The van der Waals surface area contributed by atoms with Crippen LogP contribution in [-0.4, -0.2) is 29.4 Å². The molecule has 2 aromatic rings. The van der Waals surface area contributed by atoms with Gasteiger partial charge in [-0.15, -0.1) is 0 Å². The third kappa shape index (κ3) is 5.00. The van der Waals surface area contributed by atoms with Crippen LogP contribution in [0, 0.1) is 0 Å². The summed E-state index contributed by atoms with van der Waals surface area (Å²) in [6, 6.07) is 11.0. The Hall–Kier alpha value is -2.74. The van der Waals surface area contributed by atoms with Gasteiger partial charge in [0, 0.05) is 18.0 Å². The van der Waals surface area contributed by atoms with Gasteiger partial charge in [0.15, 0.2) is 0 Å². The first-order chi connectivity index (χ1) is 13.6. The number of hydrogen-bond acceptors (Lipinski definition) is 2. The van der Waals surface area contributed by atoms with Crippen LogP contribution < -0.4 is 10.6 Å². The van der Waals surface area contributed by atoms with Crippen molar-refractivity contribution in [3.8, 4) is 0 Å². The minimum absolute atomic E-state index is 0.0807. The summed E-state index contributed by atoms with van der Waals surface area (Å²) in [4.78, 5) is 26.2. The Labute approximate surface area is 170 Å². The molecule has 2 aromatic carbocycles. The molecule has 29 heavy (non-hydrogen) atoms. The van der Waals surface area contributed by atoms with Crippen molar-refractivity contribution in [1.82, 2.24) is 10.2 Å². The highest BCUT2D eigenvalue weighted by molar-refractivity contribution is 6.30. The first-order valence-corrected chi connectivity index (χ1v) is 9.31. The Morgan fingerprint density at radius 2 is 1.90 bits per heavy atom. The van der Waals surface area contributed by atoms with E-state index in [-0.39, 0.29) is 29.9 Å². The number of halogens is 4. The van der Waals surface area contributed by atoms with Gasteiger partial charge in [-0.3, -0.25) is 4.79 Å². The molecule has 1 saturated heterocycles. The molecule has 1 aliphatic heterocycles. The molecule has 0 saturated carbocycles. The van der Waals surface area contributed by atoms with Gasteiger partial charge in [-0.1, -0.05) is 41.9 Å². The largest absolute Gasteiger partial charge is 0.418 e. The molecule has 1 aliphatic rings. The highest BCUT2D eigenvalue weighted by Crippen LogP contribution is 2.36. The SMILES string of the molecule is CC(c1ccccc1)N1CC(NC(=O)Nc2ccc(Cl)cc2C(F)(F)F)CC1=O. The van der Waals surface area contributed by atoms with E-state index in [9.17, 15) is 22.8 Å². The van der Waals surface area contributed by atoms with Crippen LogP contribution in [0.2, 0.25) is 5.02 Å². The van der Waals surface area contributed by atoms with Gasteiger partial charge < -0.3 is 15.5 Å². The quantitative estimate of drug-likeness (QED) is 0.736. The molecule has 2 unspecified atom stereocenters. The van der Waals surface area contributed by atoms with Crippen LogP contribution in [0.1, 0.15) is 30.5 Å². The number of rotatable bonds is 4. The fraction of sp³-hybridized carbons (Fsp3) is 0.300. The van der Waals surface area contributed by atoms with Crippen LogP contribution >= 0.6 is 11.6 Å². The third-order valence-electron chi connectivity index (χ3n) is 4.78. The molecule has 0 aromatic heterocycles. The van der Waals surface area contributed by atoms with Crippen molar-refractivity contribution in [2.24, 2.45) is 0 Å². The van der Waals surface area contributed by atoms with E-state index in [1.807, 2.05) is 37.3 Å². The molecule has 2 atom stereocenters. The minimum Gasteiger partial charge on any atom is -0.334 e. The van der Waals surface area contributed by atoms with E-state index >= 15 is 0 Å². The zero-order chi connectivity index (χ0) is 21.2. The number of nitrogens with zero attached hydrogens (tertiary/aromatic N) is 1. The molecule has 1 heterocycles. The lowest BCUT2D eigenvalue weighted by atomic mass is 10.1. The van der Waals surface area contributed by atoms with Gasteiger partial charge in [0.2, 0.25) is 5.91 Å². The first kappa shape index (κ1) is 21.0. The van der Waals surface area contributed by atoms with Crippen LogP contribution in [0.5, 0.6) is 0 Å². The standard InChI is InChI=1S/C20H19ClF3N3O2/c1-12(13-5-3-2-4-6-13)27-11-15(10-18(27)28)25-19(29)26-17-8-7-14(21)9-16(17)20(22,23)24/h2-9,12,15H,10-11H2,1H3,(H2,25,26,29). The van der Waals surface area contributed by atoms with E-state index in [0.717, 1.165) is 17.7 Å². The average molecular weight is 426 g/mol. The Kier molecular flexibility index (Phi) is 6.02. The molecule has 0 aliphatic carbocycles. The maximum absolute atomic E-state index is 13.2. The highest BCUT2D eigenvalue weighted by Gasteiger charge is 2.36. The summed E-state index contributed by atoms with van der Waals surface area (Å²) in [6.45, 7) is 2.16. The summed E-state index contributed by atoms with van der Waals surface area (Å²) >= 11 is 5.64. The van der Waals surface area contributed by atoms with E-state index < -0.39 is 29.5 Å². The number of hydrogen-bond donors (Lipinski definition) is 2. The van der Waals surface area contributed by atoms with E-state index in [1.54, 1.807) is 4.90 Å². The number of carbonyl (C=O) groups is 2. The molecular weight excluding hydrogens is 407 g/mol. The summed E-state index contributed by atoms with van der Waals surface area (Å²) in [5.41, 5.74) is -0.484. The van der Waals surface area contributed by atoms with Gasteiger partial charge in [-0.05, 0) is 30.7 Å². The molecule has 1 fully saturated rings. The van der Waals surface area contributed by atoms with Crippen LogP contribution in [0.15, 0.2) is 48.5 Å². The summed E-state index contributed by atoms with van der Waals surface area (Å²) in [7, 11) is 0. The number of carbonyl (C=O) groups excluding carboxylic acids is 2. The van der Waals surface area contributed by atoms with Crippen molar-refractivity contribution >= 4 is 29.2 Å². The smallest absolute Gasteiger partial charge is 0.334 e. The summed E-state index contributed by atoms with van der Waals surface area (Å²) in [5, 5.41) is 4.69. The van der Waals surface area contributed by atoms with Gasteiger partial charge in [0.05, 0.1) is 23.3 Å². The summed E-state index contributed by atoms with van der Waals surface area (Å²) < 4.78 is 39.5. The predicted octanol–water partition coefficient (Wildman–Crippen LogP) is 4.84. The molecule has 9 heteroatoms. The molecule has 3 amide bonds. The van der Waals surface area contributed by atoms with Crippen molar-refractivity contribution in [1.29, 1.82) is 0 Å². The Balaban J connectivity index is 1.65. The van der Waals surface area contributed by atoms with Crippen molar-refractivity contribution < 1.29 is 22.8 Å². The Bertz CT molecular complexity index is 906. The van der Waals surface area contributed by atoms with E-state index in [2.05, 4.69) is 10.6 Å². The van der Waals surface area contributed by atoms with Crippen molar-refractivity contribution in [3.63, 3.8) is 0 Å². The van der Waals surface area contributed by atoms with Crippen LogP contribution in [0.3, 0.4) is 0 Å². The lowest BCUT2D eigenvalue weighted by Gasteiger charge is -2.25. The van der Waals surface area contributed by atoms with E-state index in [0.29, 0.717) is 0 Å². The maximum atomic E-state index is 13.2. The van der Waals surface area contributed by atoms with Gasteiger partial charge in [0.25, 0.3) is 0 Å². The number of anilines is 1. The average Bonchev–Trinajstić information content (AvgIpc) is 3.02. The number of urea groups is 1. The Morgan fingerprint density at radius 3 is 2.55 bits per heavy atom. The summed E-state index contributed by atoms with van der Waals surface area (Å²) in [5.74, 6) is -0.130. The monoisotopic (exact) mass is 425 g/mol. The predicted molar refractivity (Wildman–Crippen MR) is 104 cm³/mol. The topological polar surface area (TPSA) is 61.4 Å². The zero-order valence-corrected chi connectivity index (χ0v) is 16.2. The van der Waals surface area contributed by atoms with Crippen molar-refractivity contribution in [2.45, 2.75) is 31.6 Å². The second kappa shape index (κ2) is 8.32.